The van der Waals surface area contributed by atoms with E-state index >= 15 is 0 Å². The summed E-state index contributed by atoms with van der Waals surface area (Å²) in [6.07, 6.45) is 0.139. The van der Waals surface area contributed by atoms with Crippen LogP contribution in [0.25, 0.3) is 0 Å². The van der Waals surface area contributed by atoms with Crippen molar-refractivity contribution in [3.8, 4) is 0 Å². The molecule has 1 aromatic rings. The summed E-state index contributed by atoms with van der Waals surface area (Å²) in [5, 5.41) is 2.80. The number of hydrogen-bond acceptors (Lipinski definition) is 4. The SMILES string of the molecule is CC1CN(S(=O)(=O)c2ccc(NC(=O)CC(C)(C)C)cc2)CC(C)O1. The number of anilines is 1. The number of benzene rings is 1. The Labute approximate surface area is 150 Å². The van der Waals surface area contributed by atoms with E-state index in [9.17, 15) is 13.2 Å². The lowest BCUT2D eigenvalue weighted by molar-refractivity contribution is -0.117. The molecule has 0 aliphatic carbocycles. The van der Waals surface area contributed by atoms with Crippen LogP contribution in [0.5, 0.6) is 0 Å². The first-order valence-electron chi connectivity index (χ1n) is 8.53. The molecule has 1 saturated heterocycles. The smallest absolute Gasteiger partial charge is 0.243 e. The van der Waals surface area contributed by atoms with Crippen molar-refractivity contribution in [1.29, 1.82) is 0 Å². The van der Waals surface area contributed by atoms with Crippen LogP contribution in [0.15, 0.2) is 29.2 Å². The maximum absolute atomic E-state index is 12.8. The Kier molecular flexibility index (Phi) is 5.91. The van der Waals surface area contributed by atoms with Crippen molar-refractivity contribution in [2.45, 2.75) is 58.1 Å². The van der Waals surface area contributed by atoms with Crippen molar-refractivity contribution in [1.82, 2.24) is 4.31 Å². The lowest BCUT2D eigenvalue weighted by Crippen LogP contribution is -2.48. The molecule has 1 N–H and O–H groups in total. The Bertz CT molecular complexity index is 698. The molecule has 0 saturated carbocycles. The fourth-order valence-electron chi connectivity index (χ4n) is 2.87. The molecule has 1 aliphatic heterocycles. The van der Waals surface area contributed by atoms with Crippen LogP contribution in [0.2, 0.25) is 0 Å². The first-order chi connectivity index (χ1) is 11.5. The Morgan fingerprint density at radius 1 is 1.16 bits per heavy atom. The predicted octanol–water partition coefficient (Wildman–Crippen LogP) is 2.86. The van der Waals surface area contributed by atoms with Crippen LogP contribution in [-0.4, -0.2) is 43.9 Å². The molecule has 1 fully saturated rings. The average molecular weight is 368 g/mol. The minimum absolute atomic E-state index is 0.0843. The molecule has 1 aliphatic rings. The molecule has 2 rings (SSSR count). The number of sulfonamides is 1. The minimum Gasteiger partial charge on any atom is -0.373 e. The number of hydrogen-bond donors (Lipinski definition) is 1. The van der Waals surface area contributed by atoms with Crippen molar-refractivity contribution in [3.05, 3.63) is 24.3 Å². The first kappa shape index (κ1) is 19.9. The molecule has 2 atom stereocenters. The third-order valence-electron chi connectivity index (χ3n) is 3.85. The number of morpholine rings is 1. The highest BCUT2D eigenvalue weighted by Gasteiger charge is 2.32. The number of carbonyl (C=O) groups excluding carboxylic acids is 1. The maximum atomic E-state index is 12.8. The highest BCUT2D eigenvalue weighted by Crippen LogP contribution is 2.23. The van der Waals surface area contributed by atoms with Gasteiger partial charge in [-0.2, -0.15) is 4.31 Å². The number of amides is 1. The van der Waals surface area contributed by atoms with Gasteiger partial charge >= 0.3 is 0 Å². The summed E-state index contributed by atoms with van der Waals surface area (Å²) in [5.74, 6) is -0.0843. The molecule has 140 valence electrons. The molecule has 6 nitrogen and oxygen atoms in total. The van der Waals surface area contributed by atoms with Crippen LogP contribution in [0, 0.1) is 5.41 Å². The second-order valence-corrected chi connectivity index (χ2v) is 9.83. The van der Waals surface area contributed by atoms with Gasteiger partial charge < -0.3 is 10.1 Å². The lowest BCUT2D eigenvalue weighted by atomic mass is 9.92. The first-order valence-corrected chi connectivity index (χ1v) is 9.97. The van der Waals surface area contributed by atoms with Crippen molar-refractivity contribution in [2.75, 3.05) is 18.4 Å². The van der Waals surface area contributed by atoms with Crippen LogP contribution in [0.4, 0.5) is 5.69 Å². The normalized spacial score (nSPS) is 22.6. The van der Waals surface area contributed by atoms with E-state index in [0.29, 0.717) is 25.2 Å². The summed E-state index contributed by atoms with van der Waals surface area (Å²) >= 11 is 0. The van der Waals surface area contributed by atoms with E-state index < -0.39 is 10.0 Å². The topological polar surface area (TPSA) is 75.7 Å². The molecule has 0 aromatic heterocycles. The monoisotopic (exact) mass is 368 g/mol. The Balaban J connectivity index is 2.09. The summed E-state index contributed by atoms with van der Waals surface area (Å²) in [7, 11) is -3.56. The number of nitrogens with zero attached hydrogens (tertiary/aromatic N) is 1. The molecular formula is C18H28N2O4S. The second-order valence-electron chi connectivity index (χ2n) is 7.89. The number of ether oxygens (including phenoxy) is 1. The van der Waals surface area contributed by atoms with Crippen molar-refractivity contribution in [3.63, 3.8) is 0 Å². The third kappa shape index (κ3) is 5.52. The van der Waals surface area contributed by atoms with E-state index in [1.165, 1.54) is 16.4 Å². The zero-order chi connectivity index (χ0) is 18.8. The number of carbonyl (C=O) groups is 1. The Hall–Kier alpha value is -1.44. The summed E-state index contributed by atoms with van der Waals surface area (Å²) in [5.41, 5.74) is 0.494. The summed E-state index contributed by atoms with van der Waals surface area (Å²) in [6, 6.07) is 6.32. The van der Waals surface area contributed by atoms with E-state index in [1.807, 2.05) is 34.6 Å². The van der Waals surface area contributed by atoms with E-state index in [-0.39, 0.29) is 28.4 Å². The molecule has 0 radical (unpaired) electrons. The molecular weight excluding hydrogens is 340 g/mol. The highest BCUT2D eigenvalue weighted by atomic mass is 32.2. The average Bonchev–Trinajstić information content (AvgIpc) is 2.44. The molecule has 0 spiro atoms. The highest BCUT2D eigenvalue weighted by molar-refractivity contribution is 7.89. The Morgan fingerprint density at radius 2 is 1.68 bits per heavy atom. The quantitative estimate of drug-likeness (QED) is 0.887. The molecule has 0 bridgehead atoms. The number of rotatable bonds is 4. The van der Waals surface area contributed by atoms with Crippen molar-refractivity contribution >= 4 is 21.6 Å². The van der Waals surface area contributed by atoms with Crippen molar-refractivity contribution in [2.24, 2.45) is 5.41 Å². The van der Waals surface area contributed by atoms with Gasteiger partial charge in [-0.05, 0) is 43.5 Å². The van der Waals surface area contributed by atoms with Gasteiger partial charge in [-0.15, -0.1) is 0 Å². The van der Waals surface area contributed by atoms with Crippen LogP contribution in [0.1, 0.15) is 41.0 Å². The van der Waals surface area contributed by atoms with Crippen LogP contribution in [-0.2, 0) is 19.6 Å². The van der Waals surface area contributed by atoms with Gasteiger partial charge in [0.25, 0.3) is 0 Å². The van der Waals surface area contributed by atoms with E-state index in [1.54, 1.807) is 12.1 Å². The third-order valence-corrected chi connectivity index (χ3v) is 5.70. The zero-order valence-electron chi connectivity index (χ0n) is 15.6. The van der Waals surface area contributed by atoms with Gasteiger partial charge in [0, 0.05) is 25.2 Å². The number of nitrogens with one attached hydrogen (secondary N) is 1. The summed E-state index contributed by atoms with van der Waals surface area (Å²) in [4.78, 5) is 12.2. The van der Waals surface area contributed by atoms with Gasteiger partial charge in [0.05, 0.1) is 17.1 Å². The van der Waals surface area contributed by atoms with Gasteiger partial charge in [-0.3, -0.25) is 4.79 Å². The standard InChI is InChI=1S/C18H28N2O4S/c1-13-11-20(12-14(2)24-13)25(22,23)16-8-6-15(7-9-16)19-17(21)10-18(3,4)5/h6-9,13-14H,10-12H2,1-5H3,(H,19,21). The molecule has 7 heteroatoms. The predicted molar refractivity (Wildman–Crippen MR) is 97.9 cm³/mol. The second kappa shape index (κ2) is 7.43. The van der Waals surface area contributed by atoms with Gasteiger partial charge in [-0.1, -0.05) is 20.8 Å². The van der Waals surface area contributed by atoms with Crippen LogP contribution in [0.3, 0.4) is 0 Å². The lowest BCUT2D eigenvalue weighted by Gasteiger charge is -2.34. The van der Waals surface area contributed by atoms with Crippen molar-refractivity contribution < 1.29 is 17.9 Å². The Morgan fingerprint density at radius 3 is 2.16 bits per heavy atom. The molecule has 2 unspecified atom stereocenters. The fraction of sp³-hybridized carbons (Fsp3) is 0.611. The largest absolute Gasteiger partial charge is 0.373 e. The van der Waals surface area contributed by atoms with E-state index in [4.69, 9.17) is 4.74 Å². The molecule has 25 heavy (non-hydrogen) atoms. The molecule has 1 heterocycles. The molecule has 1 amide bonds. The fourth-order valence-corrected chi connectivity index (χ4v) is 4.46. The minimum atomic E-state index is -3.56. The van der Waals surface area contributed by atoms with E-state index in [2.05, 4.69) is 5.32 Å². The van der Waals surface area contributed by atoms with Gasteiger partial charge in [0.15, 0.2) is 0 Å². The van der Waals surface area contributed by atoms with E-state index in [0.717, 1.165) is 0 Å². The maximum Gasteiger partial charge on any atom is 0.243 e. The van der Waals surface area contributed by atoms with Crippen LogP contribution < -0.4 is 5.32 Å². The van der Waals surface area contributed by atoms with Crippen LogP contribution >= 0.6 is 0 Å². The zero-order valence-corrected chi connectivity index (χ0v) is 16.4. The van der Waals surface area contributed by atoms with Gasteiger partial charge in [0.1, 0.15) is 0 Å². The van der Waals surface area contributed by atoms with Gasteiger partial charge in [-0.25, -0.2) is 8.42 Å². The molecule has 1 aromatic carbocycles. The van der Waals surface area contributed by atoms with Gasteiger partial charge in [0.2, 0.25) is 15.9 Å². The summed E-state index contributed by atoms with van der Waals surface area (Å²) < 4.78 is 32.6. The summed E-state index contributed by atoms with van der Waals surface area (Å²) in [6.45, 7) is 10.4.